The van der Waals surface area contributed by atoms with Crippen LogP contribution in [0.3, 0.4) is 0 Å². The summed E-state index contributed by atoms with van der Waals surface area (Å²) in [5.74, 6) is 0.994. The average molecular weight is 509 g/mol. The third kappa shape index (κ3) is 5.00. The van der Waals surface area contributed by atoms with Gasteiger partial charge in [-0.2, -0.15) is 0 Å². The minimum Gasteiger partial charge on any atom is -0.494 e. The Bertz CT molecular complexity index is 1500. The molecule has 0 radical (unpaired) electrons. The van der Waals surface area contributed by atoms with Crippen LogP contribution >= 0.6 is 0 Å². The molecule has 4 aromatic rings. The fraction of sp³-hybridized carbons (Fsp3) is 0.192. The van der Waals surface area contributed by atoms with Crippen molar-refractivity contribution in [1.82, 2.24) is 4.98 Å². The highest BCUT2D eigenvalue weighted by molar-refractivity contribution is 7.92. The van der Waals surface area contributed by atoms with Gasteiger partial charge in [0, 0.05) is 30.1 Å². The number of H-pyrrole nitrogens is 1. The van der Waals surface area contributed by atoms with Crippen LogP contribution in [-0.2, 0) is 10.0 Å². The minimum atomic E-state index is -3.48. The molecule has 0 bridgehead atoms. The maximum atomic E-state index is 12.2. The van der Waals surface area contributed by atoms with Crippen molar-refractivity contribution in [3.63, 3.8) is 0 Å². The number of ether oxygens (including phenoxy) is 2. The number of aromatic nitrogens is 1. The molecule has 3 aromatic carbocycles. The Morgan fingerprint density at radius 3 is 2.25 bits per heavy atom. The fourth-order valence-electron chi connectivity index (χ4n) is 4.03. The van der Waals surface area contributed by atoms with Gasteiger partial charge in [-0.1, -0.05) is 30.3 Å². The lowest BCUT2D eigenvalue weighted by Crippen LogP contribution is -2.34. The number of aromatic amines is 1. The molecule has 1 heterocycles. The number of nitrogens with zero attached hydrogens (tertiary/aromatic N) is 2. The molecule has 0 unspecified atom stereocenters. The molecule has 0 aliphatic rings. The first kappa shape index (κ1) is 25.1. The Hall–Kier alpha value is -4.02. The van der Waals surface area contributed by atoms with Crippen molar-refractivity contribution >= 4 is 38.0 Å². The van der Waals surface area contributed by atoms with E-state index >= 15 is 0 Å². The molecule has 1 aromatic heterocycles. The van der Waals surface area contributed by atoms with Crippen molar-refractivity contribution < 1.29 is 23.0 Å². The molecule has 0 saturated carbocycles. The van der Waals surface area contributed by atoms with Gasteiger partial charge in [0.25, 0.3) is 0 Å². The summed E-state index contributed by atoms with van der Waals surface area (Å²) in [6, 6.07) is 19.8. The minimum absolute atomic E-state index is 0.0503. The lowest BCUT2D eigenvalue weighted by molar-refractivity contribution is 0.356. The van der Waals surface area contributed by atoms with E-state index in [0.29, 0.717) is 45.1 Å². The molecule has 0 amide bonds. The first-order valence-corrected chi connectivity index (χ1v) is 13.0. The second-order valence-electron chi connectivity index (χ2n) is 8.07. The van der Waals surface area contributed by atoms with E-state index in [1.54, 1.807) is 50.6 Å². The number of methoxy groups -OCH3 is 2. The van der Waals surface area contributed by atoms with Crippen LogP contribution in [-0.4, -0.2) is 57.8 Å². The summed E-state index contributed by atoms with van der Waals surface area (Å²) in [5.41, 5.74) is 9.15. The molecular weight excluding hydrogens is 480 g/mol. The first-order valence-electron chi connectivity index (χ1n) is 11.2. The number of sulfonamides is 1. The normalized spacial score (nSPS) is 12.1. The van der Waals surface area contributed by atoms with Gasteiger partial charge in [0.15, 0.2) is 17.4 Å². The van der Waals surface area contributed by atoms with Crippen LogP contribution in [0.25, 0.3) is 10.9 Å². The quantitative estimate of drug-likeness (QED) is 0.295. The highest BCUT2D eigenvalue weighted by Crippen LogP contribution is 2.38. The molecule has 0 aliphatic carbocycles. The predicted octanol–water partition coefficient (Wildman–Crippen LogP) is 3.78. The number of nitrogens with one attached hydrogen (secondary N) is 1. The van der Waals surface area contributed by atoms with Crippen LogP contribution in [0, 0.1) is 0 Å². The summed E-state index contributed by atoms with van der Waals surface area (Å²) >= 11 is 0. The van der Waals surface area contributed by atoms with E-state index in [1.807, 2.05) is 30.3 Å². The number of nitrogens with two attached hydrogens (primary N) is 1. The third-order valence-electron chi connectivity index (χ3n) is 5.68. The van der Waals surface area contributed by atoms with E-state index in [9.17, 15) is 13.5 Å². The predicted molar refractivity (Wildman–Crippen MR) is 142 cm³/mol. The maximum Gasteiger partial charge on any atom is 0.232 e. The number of hydrogen-bond acceptors (Lipinski definition) is 7. The topological polar surface area (TPSA) is 130 Å². The SMILES string of the molecule is COc1cc2[nH]c(O)c(C(=Nc3ccc(N(CCN)S(C)(=O)=O)cc3)c3ccccc3)c2cc1OC. The number of rotatable bonds is 9. The summed E-state index contributed by atoms with van der Waals surface area (Å²) in [7, 11) is -0.381. The Morgan fingerprint density at radius 2 is 1.67 bits per heavy atom. The van der Waals surface area contributed by atoms with Crippen LogP contribution in [0.1, 0.15) is 11.1 Å². The largest absolute Gasteiger partial charge is 0.494 e. The summed E-state index contributed by atoms with van der Waals surface area (Å²) in [4.78, 5) is 7.86. The van der Waals surface area contributed by atoms with Crippen LogP contribution < -0.4 is 19.5 Å². The van der Waals surface area contributed by atoms with Crippen molar-refractivity contribution in [2.24, 2.45) is 10.7 Å². The van der Waals surface area contributed by atoms with Gasteiger partial charge in [-0.15, -0.1) is 0 Å². The van der Waals surface area contributed by atoms with Crippen molar-refractivity contribution in [1.29, 1.82) is 0 Å². The zero-order chi connectivity index (χ0) is 25.9. The molecule has 0 saturated heterocycles. The monoisotopic (exact) mass is 508 g/mol. The van der Waals surface area contributed by atoms with Gasteiger partial charge in [-0.05, 0) is 30.3 Å². The van der Waals surface area contributed by atoms with Crippen LogP contribution in [0.2, 0.25) is 0 Å². The number of anilines is 1. The molecule has 188 valence electrons. The molecule has 9 nitrogen and oxygen atoms in total. The average Bonchev–Trinajstić information content (AvgIpc) is 3.19. The Balaban J connectivity index is 1.87. The van der Waals surface area contributed by atoms with E-state index in [1.165, 1.54) is 4.31 Å². The molecule has 0 atom stereocenters. The van der Waals surface area contributed by atoms with Gasteiger partial charge in [-0.25, -0.2) is 13.4 Å². The van der Waals surface area contributed by atoms with Gasteiger partial charge in [0.2, 0.25) is 10.0 Å². The van der Waals surface area contributed by atoms with Crippen molar-refractivity contribution in [3.05, 3.63) is 77.9 Å². The first-order chi connectivity index (χ1) is 17.3. The molecule has 0 spiro atoms. The van der Waals surface area contributed by atoms with Gasteiger partial charge in [0.1, 0.15) is 0 Å². The standard InChI is InChI=1S/C26H28N4O5S/c1-34-22-15-20-21(16-23(22)35-2)29-26(31)24(20)25(17-7-5-4-6-8-17)28-18-9-11-19(12-10-18)30(14-13-27)36(3,32)33/h4-12,15-16,29,31H,13-14,27H2,1-3H3. The molecule has 36 heavy (non-hydrogen) atoms. The number of aliphatic imine (C=N–C) groups is 1. The Labute approximate surface area is 209 Å². The fourth-order valence-corrected chi connectivity index (χ4v) is 4.98. The van der Waals surface area contributed by atoms with Gasteiger partial charge in [-0.3, -0.25) is 4.31 Å². The summed E-state index contributed by atoms with van der Waals surface area (Å²) in [6.45, 7) is 0.366. The van der Waals surface area contributed by atoms with E-state index in [-0.39, 0.29) is 19.0 Å². The molecular formula is C26H28N4O5S. The zero-order valence-corrected chi connectivity index (χ0v) is 21.0. The lowest BCUT2D eigenvalue weighted by atomic mass is 10.0. The van der Waals surface area contributed by atoms with Crippen molar-refractivity contribution in [2.45, 2.75) is 0 Å². The van der Waals surface area contributed by atoms with Crippen molar-refractivity contribution in [3.8, 4) is 17.4 Å². The molecule has 4 rings (SSSR count). The van der Waals surface area contributed by atoms with E-state index in [4.69, 9.17) is 20.2 Å². The third-order valence-corrected chi connectivity index (χ3v) is 6.87. The maximum absolute atomic E-state index is 12.2. The van der Waals surface area contributed by atoms with Crippen LogP contribution in [0.5, 0.6) is 17.4 Å². The number of fused-ring (bicyclic) bond motifs is 1. The van der Waals surface area contributed by atoms with Gasteiger partial charge >= 0.3 is 0 Å². The van der Waals surface area contributed by atoms with Crippen LogP contribution in [0.4, 0.5) is 11.4 Å². The molecule has 4 N–H and O–H groups in total. The smallest absolute Gasteiger partial charge is 0.232 e. The van der Waals surface area contributed by atoms with E-state index in [2.05, 4.69) is 4.98 Å². The number of benzene rings is 3. The number of hydrogen-bond donors (Lipinski definition) is 3. The highest BCUT2D eigenvalue weighted by Gasteiger charge is 2.21. The number of aromatic hydroxyl groups is 1. The molecule has 10 heteroatoms. The zero-order valence-electron chi connectivity index (χ0n) is 20.2. The van der Waals surface area contributed by atoms with Crippen molar-refractivity contribution in [2.75, 3.05) is 37.9 Å². The van der Waals surface area contributed by atoms with Gasteiger partial charge < -0.3 is 25.3 Å². The second kappa shape index (κ2) is 10.3. The lowest BCUT2D eigenvalue weighted by Gasteiger charge is -2.21. The summed E-state index contributed by atoms with van der Waals surface area (Å²) < 4.78 is 36.5. The molecule has 0 fully saturated rings. The Kier molecular flexibility index (Phi) is 7.18. The van der Waals surface area contributed by atoms with Gasteiger partial charge in [0.05, 0.1) is 48.6 Å². The summed E-state index contributed by atoms with van der Waals surface area (Å²) in [5, 5.41) is 11.6. The van der Waals surface area contributed by atoms with E-state index < -0.39 is 10.0 Å². The molecule has 0 aliphatic heterocycles. The Morgan fingerprint density at radius 1 is 1.03 bits per heavy atom. The van der Waals surface area contributed by atoms with E-state index in [0.717, 1.165) is 11.8 Å². The second-order valence-corrected chi connectivity index (χ2v) is 9.97. The summed E-state index contributed by atoms with van der Waals surface area (Å²) in [6.07, 6.45) is 1.14. The van der Waals surface area contributed by atoms with Crippen LogP contribution in [0.15, 0.2) is 71.7 Å². The highest BCUT2D eigenvalue weighted by atomic mass is 32.2.